The van der Waals surface area contributed by atoms with Crippen molar-refractivity contribution in [2.75, 3.05) is 6.61 Å². The fourth-order valence-corrected chi connectivity index (χ4v) is 11.5. The summed E-state index contributed by atoms with van der Waals surface area (Å²) in [6, 6.07) is 4.65. The molecule has 1 aromatic rings. The maximum atomic E-state index is 15.4. The van der Waals surface area contributed by atoms with Crippen LogP contribution in [-0.2, 0) is 61.2 Å². The van der Waals surface area contributed by atoms with Crippen LogP contribution < -0.4 is 0 Å². The fourth-order valence-electron chi connectivity index (χ4n) is 11.5. The molecule has 2 unspecified atom stereocenters. The van der Waals surface area contributed by atoms with E-state index in [4.69, 9.17) is 48.0 Å². The van der Waals surface area contributed by atoms with Crippen molar-refractivity contribution in [2.24, 2.45) is 41.4 Å². The lowest BCUT2D eigenvalue weighted by Gasteiger charge is -2.62. The SMILES string of the molecule is C[C@@H]1CC[C@H]2C(COCc3cccc(CO[C@@]4(C(F)(F)F)O[C@@H]5O[C@]6(C)CCC7[C@H](C)CC[C@@H]([C@H]4C)[C@]75OO6)n3)=C(C(F)(F)F)O[C@@H]3O[C@]4(C)CCC1[C@]32OO4. The summed E-state index contributed by atoms with van der Waals surface area (Å²) < 4.78 is 126. The number of ether oxygens (including phenoxy) is 6. The average Bonchev–Trinajstić information content (AvgIpc) is 3.51. The lowest BCUT2D eigenvalue weighted by molar-refractivity contribution is -0.599. The van der Waals surface area contributed by atoms with Crippen LogP contribution in [0.5, 0.6) is 0 Å². The van der Waals surface area contributed by atoms with Crippen LogP contribution in [0.15, 0.2) is 29.5 Å². The molecule has 9 fully saturated rings. The zero-order valence-corrected chi connectivity index (χ0v) is 32.0. The lowest BCUT2D eigenvalue weighted by atomic mass is 9.57. The first kappa shape index (κ1) is 39.4. The van der Waals surface area contributed by atoms with Crippen LogP contribution in [0.1, 0.15) is 97.4 Å². The highest BCUT2D eigenvalue weighted by Crippen LogP contribution is 2.65. The molecule has 0 aromatic carbocycles. The van der Waals surface area contributed by atoms with E-state index in [1.165, 1.54) is 13.0 Å². The molecule has 1 aromatic heterocycles. The van der Waals surface area contributed by atoms with Gasteiger partial charge in [-0.05, 0) is 82.3 Å². The number of aromatic nitrogens is 1. The molecule has 0 amide bonds. The molecule has 2 saturated carbocycles. The van der Waals surface area contributed by atoms with Crippen LogP contribution in [-0.4, -0.2) is 65.1 Å². The average molecular weight is 806 g/mol. The van der Waals surface area contributed by atoms with Crippen LogP contribution in [0, 0.1) is 41.4 Å². The van der Waals surface area contributed by atoms with E-state index in [2.05, 4.69) is 18.8 Å². The van der Waals surface area contributed by atoms with E-state index in [0.717, 1.165) is 0 Å². The second-order valence-electron chi connectivity index (χ2n) is 17.7. The van der Waals surface area contributed by atoms with Crippen molar-refractivity contribution in [1.82, 2.24) is 4.98 Å². The van der Waals surface area contributed by atoms with Gasteiger partial charge in [0.05, 0.1) is 31.2 Å². The van der Waals surface area contributed by atoms with Crippen molar-refractivity contribution in [3.8, 4) is 0 Å². The number of allylic oxidation sites excluding steroid dienone is 1. The van der Waals surface area contributed by atoms with Crippen molar-refractivity contribution in [3.05, 3.63) is 40.9 Å². The number of hydrogen-bond acceptors (Lipinski definition) is 11. The van der Waals surface area contributed by atoms with Gasteiger partial charge in [-0.2, -0.15) is 26.3 Å². The van der Waals surface area contributed by atoms with Gasteiger partial charge in [0, 0.05) is 42.1 Å². The maximum absolute atomic E-state index is 15.4. The molecule has 0 radical (unpaired) electrons. The highest BCUT2D eigenvalue weighted by molar-refractivity contribution is 5.28. The van der Waals surface area contributed by atoms with Gasteiger partial charge in [-0.25, -0.2) is 19.6 Å². The van der Waals surface area contributed by atoms with Crippen molar-refractivity contribution in [1.29, 1.82) is 0 Å². The summed E-state index contributed by atoms with van der Waals surface area (Å²) in [7, 11) is 0. The minimum Gasteiger partial charge on any atom is -0.456 e. The third kappa shape index (κ3) is 5.83. The van der Waals surface area contributed by atoms with Crippen LogP contribution in [0.4, 0.5) is 26.3 Å². The van der Waals surface area contributed by atoms with E-state index in [1.54, 1.807) is 26.0 Å². The van der Waals surface area contributed by atoms with Crippen LogP contribution in [0.25, 0.3) is 0 Å². The Kier molecular flexibility index (Phi) is 9.28. The van der Waals surface area contributed by atoms with Gasteiger partial charge in [-0.3, -0.25) is 4.98 Å². The van der Waals surface area contributed by atoms with Gasteiger partial charge in [0.25, 0.3) is 5.79 Å². The summed E-state index contributed by atoms with van der Waals surface area (Å²) in [6.07, 6.45) is -8.22. The van der Waals surface area contributed by atoms with Crippen molar-refractivity contribution < 1.29 is 74.3 Å². The lowest BCUT2D eigenvalue weighted by Crippen LogP contribution is -2.75. The Morgan fingerprint density at radius 2 is 1.30 bits per heavy atom. The molecule has 0 N–H and O–H groups in total. The first-order valence-electron chi connectivity index (χ1n) is 19.8. The van der Waals surface area contributed by atoms with Gasteiger partial charge in [0.15, 0.2) is 17.5 Å². The van der Waals surface area contributed by atoms with Crippen LogP contribution in [0.3, 0.4) is 0 Å². The quantitative estimate of drug-likeness (QED) is 0.196. The number of hydrogen-bond donors (Lipinski definition) is 0. The number of pyridine rings is 1. The van der Waals surface area contributed by atoms with Crippen molar-refractivity contribution in [3.63, 3.8) is 0 Å². The van der Waals surface area contributed by atoms with E-state index < -0.39 is 90.2 Å². The molecule has 10 aliphatic rings. The molecule has 11 rings (SSSR count). The summed E-state index contributed by atoms with van der Waals surface area (Å²) in [4.78, 5) is 28.0. The number of nitrogens with zero attached hydrogens (tertiary/aromatic N) is 1. The molecule has 56 heavy (non-hydrogen) atoms. The monoisotopic (exact) mass is 805 g/mol. The van der Waals surface area contributed by atoms with Crippen molar-refractivity contribution >= 4 is 0 Å². The molecule has 4 bridgehead atoms. The molecule has 14 atom stereocenters. The van der Waals surface area contributed by atoms with Gasteiger partial charge >= 0.3 is 12.4 Å². The Balaban J connectivity index is 0.938. The first-order valence-corrected chi connectivity index (χ1v) is 19.8. The molecule has 8 aliphatic heterocycles. The highest BCUT2D eigenvalue weighted by atomic mass is 19.4. The Morgan fingerprint density at radius 3 is 1.96 bits per heavy atom. The predicted octanol–water partition coefficient (Wildman–Crippen LogP) is 8.32. The Morgan fingerprint density at radius 1 is 0.696 bits per heavy atom. The zero-order chi connectivity index (χ0) is 39.7. The third-order valence-electron chi connectivity index (χ3n) is 14.4. The molecular formula is C39H49F6NO10. The van der Waals surface area contributed by atoms with Gasteiger partial charge < -0.3 is 28.4 Å². The van der Waals surface area contributed by atoms with Gasteiger partial charge in [0.2, 0.25) is 23.6 Å². The van der Waals surface area contributed by atoms with Crippen LogP contribution >= 0.6 is 0 Å². The molecular weight excluding hydrogens is 756 g/mol. The Hall–Kier alpha value is -2.09. The molecule has 312 valence electrons. The van der Waals surface area contributed by atoms with E-state index in [0.29, 0.717) is 51.4 Å². The van der Waals surface area contributed by atoms with E-state index >= 15 is 13.2 Å². The molecule has 2 aliphatic carbocycles. The van der Waals surface area contributed by atoms with Crippen molar-refractivity contribution in [2.45, 2.75) is 153 Å². The normalized spacial score (nSPS) is 47.1. The first-order chi connectivity index (χ1) is 26.3. The minimum absolute atomic E-state index is 0.104. The number of alkyl halides is 6. The fraction of sp³-hybridized carbons (Fsp3) is 0.821. The maximum Gasteiger partial charge on any atom is 0.449 e. The standard InChI is InChI=1S/C39H49F6NO10/c1-20-9-11-28-22(3)37(39(43,44)45,52-32-35(28)26(20)13-16-34(5,51-32)54-55-35)48-18-24-8-6-7-23(46-24)17-47-19-25-29-12-10-21(2)27-14-15-33(4)50-31(36(27,29)56-53-33)49-30(25)38(40,41)42/h6-8,20-22,26-29,31-32H,9-19H2,1-5H3/t20-,21-,22-,26?,27?,28+,29+,31-,32+,33+,34+,35-,36-,37-/m1/s1. The third-order valence-corrected chi connectivity index (χ3v) is 14.4. The van der Waals surface area contributed by atoms with E-state index in [9.17, 15) is 13.2 Å². The number of fused-ring (bicyclic) bond motifs is 4. The van der Waals surface area contributed by atoms with Gasteiger partial charge in [-0.1, -0.05) is 26.8 Å². The summed E-state index contributed by atoms with van der Waals surface area (Å²) >= 11 is 0. The zero-order valence-electron chi connectivity index (χ0n) is 32.0. The molecule has 7 saturated heterocycles. The summed E-state index contributed by atoms with van der Waals surface area (Å²) in [6.45, 7) is 7.56. The van der Waals surface area contributed by atoms with Crippen LogP contribution in [0.2, 0.25) is 0 Å². The largest absolute Gasteiger partial charge is 0.456 e. The van der Waals surface area contributed by atoms with Gasteiger partial charge in [-0.15, -0.1) is 0 Å². The topological polar surface area (TPSA) is 105 Å². The smallest absolute Gasteiger partial charge is 0.449 e. The Bertz CT molecular complexity index is 1730. The molecule has 11 nitrogen and oxygen atoms in total. The second-order valence-corrected chi connectivity index (χ2v) is 17.7. The second kappa shape index (κ2) is 13.2. The molecule has 2 spiro atoms. The van der Waals surface area contributed by atoms with E-state index in [-0.39, 0.29) is 47.2 Å². The number of halogens is 6. The summed E-state index contributed by atoms with van der Waals surface area (Å²) in [5, 5.41) is 0. The summed E-state index contributed by atoms with van der Waals surface area (Å²) in [5.41, 5.74) is -2.21. The summed E-state index contributed by atoms with van der Waals surface area (Å²) in [5.74, 6) is -9.44. The molecule has 9 heterocycles. The highest BCUT2D eigenvalue weighted by Gasteiger charge is 2.77. The predicted molar refractivity (Wildman–Crippen MR) is 177 cm³/mol. The molecule has 17 heteroatoms. The Labute approximate surface area is 320 Å². The number of rotatable bonds is 7. The van der Waals surface area contributed by atoms with Gasteiger partial charge in [0.1, 0.15) is 0 Å². The van der Waals surface area contributed by atoms with E-state index in [1.807, 2.05) is 0 Å². The minimum atomic E-state index is -4.97.